The summed E-state index contributed by atoms with van der Waals surface area (Å²) in [5.41, 5.74) is 1.23. The maximum absolute atomic E-state index is 12.3. The molecule has 24 heavy (non-hydrogen) atoms. The van der Waals surface area contributed by atoms with Gasteiger partial charge in [-0.05, 0) is 62.4 Å². The number of rotatable bonds is 7. The minimum atomic E-state index is 0.217. The predicted octanol–water partition coefficient (Wildman–Crippen LogP) is 3.53. The Morgan fingerprint density at radius 3 is 2.71 bits per heavy atom. The summed E-state index contributed by atoms with van der Waals surface area (Å²) in [5, 5.41) is 3.20. The molecule has 1 aliphatic heterocycles. The molecule has 1 heterocycles. The zero-order valence-electron chi connectivity index (χ0n) is 14.8. The maximum Gasteiger partial charge on any atom is 0.220 e. The molecule has 2 aliphatic rings. The second-order valence-electron chi connectivity index (χ2n) is 7.19. The van der Waals surface area contributed by atoms with E-state index in [1.54, 1.807) is 7.11 Å². The van der Waals surface area contributed by atoms with E-state index in [1.807, 2.05) is 12.1 Å². The summed E-state index contributed by atoms with van der Waals surface area (Å²) in [7, 11) is 1.70. The monoisotopic (exact) mass is 330 g/mol. The highest BCUT2D eigenvalue weighted by Gasteiger charge is 2.25. The molecule has 1 amide bonds. The van der Waals surface area contributed by atoms with Crippen LogP contribution in [-0.2, 0) is 4.79 Å². The Balaban J connectivity index is 1.62. The minimum absolute atomic E-state index is 0.217. The van der Waals surface area contributed by atoms with Gasteiger partial charge in [0.2, 0.25) is 5.91 Å². The van der Waals surface area contributed by atoms with E-state index in [0.29, 0.717) is 18.9 Å². The van der Waals surface area contributed by atoms with Gasteiger partial charge in [-0.15, -0.1) is 0 Å². The van der Waals surface area contributed by atoms with Crippen molar-refractivity contribution in [1.29, 1.82) is 0 Å². The first-order valence-electron chi connectivity index (χ1n) is 9.41. The molecule has 3 rings (SSSR count). The number of nitrogens with one attached hydrogen (secondary N) is 1. The third-order valence-electron chi connectivity index (χ3n) is 5.50. The van der Waals surface area contributed by atoms with Gasteiger partial charge in [0.25, 0.3) is 0 Å². The lowest BCUT2D eigenvalue weighted by Crippen LogP contribution is -2.37. The van der Waals surface area contributed by atoms with E-state index in [4.69, 9.17) is 4.74 Å². The number of hydrogen-bond donors (Lipinski definition) is 1. The maximum atomic E-state index is 12.3. The molecule has 1 aromatic rings. The average molecular weight is 330 g/mol. The molecule has 1 unspecified atom stereocenters. The molecule has 2 fully saturated rings. The number of methoxy groups -OCH3 is 1. The Morgan fingerprint density at radius 2 is 2.00 bits per heavy atom. The second-order valence-corrected chi connectivity index (χ2v) is 7.19. The fourth-order valence-electron chi connectivity index (χ4n) is 4.12. The van der Waals surface area contributed by atoms with Crippen LogP contribution in [0.15, 0.2) is 24.3 Å². The Kier molecular flexibility index (Phi) is 6.13. The van der Waals surface area contributed by atoms with Crippen LogP contribution in [0.3, 0.4) is 0 Å². The van der Waals surface area contributed by atoms with E-state index in [1.165, 1.54) is 44.1 Å². The van der Waals surface area contributed by atoms with Gasteiger partial charge >= 0.3 is 0 Å². The van der Waals surface area contributed by atoms with Crippen LogP contribution in [-0.4, -0.2) is 37.6 Å². The molecule has 1 saturated heterocycles. The Hall–Kier alpha value is -1.55. The summed E-state index contributed by atoms with van der Waals surface area (Å²) in [6.45, 7) is 2.92. The molecule has 0 aromatic heterocycles. The van der Waals surface area contributed by atoms with Crippen LogP contribution in [0.5, 0.6) is 5.75 Å². The van der Waals surface area contributed by atoms with Gasteiger partial charge in [0.1, 0.15) is 5.75 Å². The third-order valence-corrected chi connectivity index (χ3v) is 5.50. The Bertz CT molecular complexity index is 534. The predicted molar refractivity (Wildman–Crippen MR) is 96.1 cm³/mol. The SMILES string of the molecule is COc1cccc(C(CNC(=O)CC2CCCC2)N2CCCC2)c1. The van der Waals surface area contributed by atoms with E-state index in [0.717, 1.165) is 18.8 Å². The van der Waals surface area contributed by atoms with E-state index >= 15 is 0 Å². The van der Waals surface area contributed by atoms with Crippen LogP contribution in [0.1, 0.15) is 56.6 Å². The van der Waals surface area contributed by atoms with E-state index in [9.17, 15) is 4.79 Å². The number of ether oxygens (including phenoxy) is 1. The van der Waals surface area contributed by atoms with Gasteiger partial charge in [-0.25, -0.2) is 0 Å². The largest absolute Gasteiger partial charge is 0.497 e. The fourth-order valence-corrected chi connectivity index (χ4v) is 4.12. The van der Waals surface area contributed by atoms with Crippen molar-refractivity contribution in [3.05, 3.63) is 29.8 Å². The van der Waals surface area contributed by atoms with Crippen molar-refractivity contribution in [3.63, 3.8) is 0 Å². The quantitative estimate of drug-likeness (QED) is 0.831. The highest BCUT2D eigenvalue weighted by molar-refractivity contribution is 5.76. The van der Waals surface area contributed by atoms with Crippen molar-refractivity contribution >= 4 is 5.91 Å². The van der Waals surface area contributed by atoms with Crippen LogP contribution < -0.4 is 10.1 Å². The number of likely N-dealkylation sites (tertiary alicyclic amines) is 1. The summed E-state index contributed by atoms with van der Waals surface area (Å²) in [4.78, 5) is 14.8. The lowest BCUT2D eigenvalue weighted by Gasteiger charge is -2.28. The van der Waals surface area contributed by atoms with Gasteiger partial charge in [0, 0.05) is 13.0 Å². The first kappa shape index (κ1) is 17.3. The molecular weight excluding hydrogens is 300 g/mol. The lowest BCUT2D eigenvalue weighted by molar-refractivity contribution is -0.122. The van der Waals surface area contributed by atoms with Crippen LogP contribution >= 0.6 is 0 Å². The molecule has 0 bridgehead atoms. The highest BCUT2D eigenvalue weighted by Crippen LogP contribution is 2.29. The van der Waals surface area contributed by atoms with Crippen molar-refractivity contribution in [2.45, 2.75) is 51.0 Å². The first-order chi connectivity index (χ1) is 11.8. The van der Waals surface area contributed by atoms with Gasteiger partial charge in [-0.2, -0.15) is 0 Å². The van der Waals surface area contributed by atoms with Crippen molar-refractivity contribution < 1.29 is 9.53 Å². The zero-order chi connectivity index (χ0) is 16.8. The minimum Gasteiger partial charge on any atom is -0.497 e. The standard InChI is InChI=1S/C20H30N2O2/c1-24-18-10-6-9-17(14-18)19(22-11-4-5-12-22)15-21-20(23)13-16-7-2-3-8-16/h6,9-10,14,16,19H,2-5,7-8,11-13,15H2,1H3,(H,21,23). The molecule has 4 heteroatoms. The molecule has 132 valence electrons. The molecule has 1 saturated carbocycles. The van der Waals surface area contributed by atoms with E-state index < -0.39 is 0 Å². The molecule has 4 nitrogen and oxygen atoms in total. The highest BCUT2D eigenvalue weighted by atomic mass is 16.5. The van der Waals surface area contributed by atoms with Crippen molar-refractivity contribution in [1.82, 2.24) is 10.2 Å². The average Bonchev–Trinajstić information content (AvgIpc) is 3.29. The van der Waals surface area contributed by atoms with Crippen molar-refractivity contribution in [2.24, 2.45) is 5.92 Å². The number of carbonyl (C=O) groups excluding carboxylic acids is 1. The van der Waals surface area contributed by atoms with Gasteiger partial charge in [-0.3, -0.25) is 9.69 Å². The number of nitrogens with zero attached hydrogens (tertiary/aromatic N) is 1. The fraction of sp³-hybridized carbons (Fsp3) is 0.650. The van der Waals surface area contributed by atoms with Crippen LogP contribution in [0.4, 0.5) is 0 Å². The van der Waals surface area contributed by atoms with Crippen LogP contribution in [0.2, 0.25) is 0 Å². The molecule has 1 N–H and O–H groups in total. The van der Waals surface area contributed by atoms with Gasteiger partial charge < -0.3 is 10.1 Å². The van der Waals surface area contributed by atoms with Crippen LogP contribution in [0.25, 0.3) is 0 Å². The van der Waals surface area contributed by atoms with Gasteiger partial charge in [-0.1, -0.05) is 25.0 Å². The summed E-state index contributed by atoms with van der Waals surface area (Å²) in [6, 6.07) is 8.51. The topological polar surface area (TPSA) is 41.6 Å². The Morgan fingerprint density at radius 1 is 1.25 bits per heavy atom. The summed E-state index contributed by atoms with van der Waals surface area (Å²) >= 11 is 0. The number of carbonyl (C=O) groups is 1. The van der Waals surface area contributed by atoms with Gasteiger partial charge in [0.05, 0.1) is 13.2 Å². The Labute approximate surface area is 145 Å². The van der Waals surface area contributed by atoms with E-state index in [-0.39, 0.29) is 11.9 Å². The van der Waals surface area contributed by atoms with Gasteiger partial charge in [0.15, 0.2) is 0 Å². The number of hydrogen-bond acceptors (Lipinski definition) is 3. The zero-order valence-corrected chi connectivity index (χ0v) is 14.8. The molecular formula is C20H30N2O2. The summed E-state index contributed by atoms with van der Waals surface area (Å²) in [5.74, 6) is 1.70. The smallest absolute Gasteiger partial charge is 0.220 e. The second kappa shape index (κ2) is 8.52. The first-order valence-corrected chi connectivity index (χ1v) is 9.41. The van der Waals surface area contributed by atoms with Crippen LogP contribution in [0, 0.1) is 5.92 Å². The molecule has 0 radical (unpaired) electrons. The van der Waals surface area contributed by atoms with Crippen molar-refractivity contribution in [2.75, 3.05) is 26.7 Å². The molecule has 0 spiro atoms. The molecule has 1 aromatic carbocycles. The normalized spacial score (nSPS) is 20.2. The van der Waals surface area contributed by atoms with Crippen molar-refractivity contribution in [3.8, 4) is 5.75 Å². The number of benzene rings is 1. The molecule has 1 atom stereocenters. The summed E-state index contributed by atoms with van der Waals surface area (Å²) in [6.07, 6.45) is 8.21. The molecule has 1 aliphatic carbocycles. The third kappa shape index (κ3) is 4.50. The number of amides is 1. The lowest BCUT2D eigenvalue weighted by atomic mass is 10.0. The summed E-state index contributed by atoms with van der Waals surface area (Å²) < 4.78 is 5.38. The van der Waals surface area contributed by atoms with E-state index in [2.05, 4.69) is 22.3 Å².